The highest BCUT2D eigenvalue weighted by molar-refractivity contribution is 7.89. The van der Waals surface area contributed by atoms with Gasteiger partial charge in [-0.25, -0.2) is 13.1 Å². The Balaban J connectivity index is 2.22. The molecule has 0 atom stereocenters. The molecule has 0 spiro atoms. The summed E-state index contributed by atoms with van der Waals surface area (Å²) < 4.78 is 26.9. The molecule has 0 amide bonds. The van der Waals surface area contributed by atoms with Crippen molar-refractivity contribution < 1.29 is 8.42 Å². The summed E-state index contributed by atoms with van der Waals surface area (Å²) in [5, 5.41) is 0. The Morgan fingerprint density at radius 3 is 2.53 bits per heavy atom. The van der Waals surface area contributed by atoms with Gasteiger partial charge in [0.05, 0.1) is 4.90 Å². The van der Waals surface area contributed by atoms with Crippen LogP contribution in [0.25, 0.3) is 0 Å². The smallest absolute Gasteiger partial charge is 0.208 e. The summed E-state index contributed by atoms with van der Waals surface area (Å²) in [7, 11) is -3.33. The fraction of sp³-hybridized carbons (Fsp3) is 0.538. The number of benzene rings is 1. The van der Waals surface area contributed by atoms with E-state index < -0.39 is 10.0 Å². The van der Waals surface area contributed by atoms with E-state index in [2.05, 4.69) is 18.6 Å². The average molecular weight is 253 g/mol. The molecule has 17 heavy (non-hydrogen) atoms. The molecule has 0 radical (unpaired) electrons. The van der Waals surface area contributed by atoms with Gasteiger partial charge in [0.1, 0.15) is 0 Å². The summed E-state index contributed by atoms with van der Waals surface area (Å²) >= 11 is 0. The molecule has 0 unspecified atom stereocenters. The molecule has 1 aliphatic rings. The molecule has 1 aliphatic carbocycles. The number of hydrogen-bond donors (Lipinski definition) is 1. The zero-order valence-electron chi connectivity index (χ0n) is 10.3. The molecule has 1 N–H and O–H groups in total. The van der Waals surface area contributed by atoms with Crippen LogP contribution in [0, 0.1) is 0 Å². The lowest BCUT2D eigenvalue weighted by molar-refractivity contribution is 0.383. The molecule has 1 aromatic carbocycles. The van der Waals surface area contributed by atoms with Crippen LogP contribution in [-0.2, 0) is 10.0 Å². The van der Waals surface area contributed by atoms with Gasteiger partial charge >= 0.3 is 0 Å². The lowest BCUT2D eigenvalue weighted by Crippen LogP contribution is -2.39. The summed E-state index contributed by atoms with van der Waals surface area (Å²) in [6.07, 6.45) is 3.05. The largest absolute Gasteiger partial charge is 0.240 e. The van der Waals surface area contributed by atoms with Crippen molar-refractivity contribution in [1.82, 2.24) is 4.72 Å². The highest BCUT2D eigenvalue weighted by Crippen LogP contribution is 2.23. The number of nitrogens with one attached hydrogen (secondary N) is 1. The van der Waals surface area contributed by atoms with Crippen LogP contribution in [0.15, 0.2) is 29.2 Å². The topological polar surface area (TPSA) is 46.2 Å². The second-order valence-corrected chi connectivity index (χ2v) is 6.69. The molecule has 2 rings (SSSR count). The minimum absolute atomic E-state index is 0.141. The van der Waals surface area contributed by atoms with E-state index in [1.54, 1.807) is 12.1 Å². The lowest BCUT2D eigenvalue weighted by Gasteiger charge is -2.26. The van der Waals surface area contributed by atoms with Gasteiger partial charge in [-0.15, -0.1) is 0 Å². The fourth-order valence-corrected chi connectivity index (χ4v) is 3.21. The average Bonchev–Trinajstić information content (AvgIpc) is 2.24. The summed E-state index contributed by atoms with van der Waals surface area (Å²) in [6, 6.07) is 7.35. The number of hydrogen-bond acceptors (Lipinski definition) is 2. The van der Waals surface area contributed by atoms with E-state index in [0.29, 0.717) is 10.8 Å². The van der Waals surface area contributed by atoms with Crippen LogP contribution in [0.2, 0.25) is 0 Å². The molecule has 0 heterocycles. The Labute approximate surface area is 103 Å². The fourth-order valence-electron chi connectivity index (χ4n) is 1.85. The van der Waals surface area contributed by atoms with Crippen molar-refractivity contribution in [2.45, 2.75) is 50.0 Å². The predicted molar refractivity (Wildman–Crippen MR) is 68.5 cm³/mol. The van der Waals surface area contributed by atoms with E-state index in [1.165, 1.54) is 0 Å². The van der Waals surface area contributed by atoms with Gasteiger partial charge < -0.3 is 0 Å². The van der Waals surface area contributed by atoms with Crippen LogP contribution in [0.1, 0.15) is 44.6 Å². The van der Waals surface area contributed by atoms with E-state index in [0.717, 1.165) is 24.8 Å². The molecular weight excluding hydrogens is 234 g/mol. The first-order valence-electron chi connectivity index (χ1n) is 6.11. The standard InChI is InChI=1S/C13H19NO2S/c1-10(2)11-5-3-8-13(9-11)17(15,16)14-12-6-4-7-12/h3,5,8-10,12,14H,4,6-7H2,1-2H3. The van der Waals surface area contributed by atoms with E-state index in [9.17, 15) is 8.42 Å². The predicted octanol–water partition coefficient (Wildman–Crippen LogP) is 2.64. The maximum atomic E-state index is 12.1. The highest BCUT2D eigenvalue weighted by atomic mass is 32.2. The Morgan fingerprint density at radius 1 is 1.29 bits per heavy atom. The first-order valence-corrected chi connectivity index (χ1v) is 7.59. The molecule has 1 fully saturated rings. The van der Waals surface area contributed by atoms with Gasteiger partial charge in [-0.3, -0.25) is 0 Å². The third kappa shape index (κ3) is 2.87. The lowest BCUT2D eigenvalue weighted by atomic mass is 9.94. The summed E-state index contributed by atoms with van der Waals surface area (Å²) in [4.78, 5) is 0.385. The molecule has 1 saturated carbocycles. The van der Waals surface area contributed by atoms with Crippen LogP contribution >= 0.6 is 0 Å². The number of sulfonamides is 1. The zero-order chi connectivity index (χ0) is 12.5. The second-order valence-electron chi connectivity index (χ2n) is 4.98. The van der Waals surface area contributed by atoms with E-state index in [-0.39, 0.29) is 6.04 Å². The quantitative estimate of drug-likeness (QED) is 0.896. The molecule has 94 valence electrons. The van der Waals surface area contributed by atoms with Gasteiger partial charge in [-0.1, -0.05) is 32.4 Å². The minimum Gasteiger partial charge on any atom is -0.208 e. The molecule has 4 heteroatoms. The molecule has 0 bridgehead atoms. The van der Waals surface area contributed by atoms with Crippen LogP contribution in [0.5, 0.6) is 0 Å². The molecule has 0 aromatic heterocycles. The normalized spacial score (nSPS) is 17.1. The van der Waals surface area contributed by atoms with Gasteiger partial charge in [-0.2, -0.15) is 0 Å². The highest BCUT2D eigenvalue weighted by Gasteiger charge is 2.24. The Morgan fingerprint density at radius 2 is 2.00 bits per heavy atom. The van der Waals surface area contributed by atoms with Gasteiger partial charge in [0.15, 0.2) is 0 Å². The van der Waals surface area contributed by atoms with E-state index >= 15 is 0 Å². The van der Waals surface area contributed by atoms with E-state index in [1.807, 2.05) is 12.1 Å². The summed E-state index contributed by atoms with van der Waals surface area (Å²) in [5.74, 6) is 0.342. The van der Waals surface area contributed by atoms with Crippen molar-refractivity contribution in [1.29, 1.82) is 0 Å². The van der Waals surface area contributed by atoms with Crippen molar-refractivity contribution in [3.63, 3.8) is 0 Å². The molecule has 1 aromatic rings. The van der Waals surface area contributed by atoms with Crippen LogP contribution in [0.4, 0.5) is 0 Å². The third-order valence-corrected chi connectivity index (χ3v) is 4.78. The molecule has 0 aliphatic heterocycles. The maximum Gasteiger partial charge on any atom is 0.240 e. The van der Waals surface area contributed by atoms with Crippen molar-refractivity contribution >= 4 is 10.0 Å². The van der Waals surface area contributed by atoms with E-state index in [4.69, 9.17) is 0 Å². The van der Waals surface area contributed by atoms with Crippen LogP contribution in [0.3, 0.4) is 0 Å². The Bertz CT molecular complexity index is 490. The van der Waals surface area contributed by atoms with Crippen molar-refractivity contribution in [3.8, 4) is 0 Å². The first-order chi connectivity index (χ1) is 7.99. The van der Waals surface area contributed by atoms with Crippen molar-refractivity contribution in [2.75, 3.05) is 0 Å². The van der Waals surface area contributed by atoms with Crippen molar-refractivity contribution in [2.24, 2.45) is 0 Å². The van der Waals surface area contributed by atoms with Gasteiger partial charge in [0.2, 0.25) is 10.0 Å². The first kappa shape index (κ1) is 12.6. The van der Waals surface area contributed by atoms with Crippen LogP contribution in [-0.4, -0.2) is 14.5 Å². The molecular formula is C13H19NO2S. The summed E-state index contributed by atoms with van der Waals surface area (Å²) in [6.45, 7) is 4.12. The summed E-state index contributed by atoms with van der Waals surface area (Å²) in [5.41, 5.74) is 1.06. The molecule has 3 nitrogen and oxygen atoms in total. The number of rotatable bonds is 4. The Hall–Kier alpha value is -0.870. The van der Waals surface area contributed by atoms with Crippen molar-refractivity contribution in [3.05, 3.63) is 29.8 Å². The van der Waals surface area contributed by atoms with Gasteiger partial charge in [0, 0.05) is 6.04 Å². The van der Waals surface area contributed by atoms with Gasteiger partial charge in [-0.05, 0) is 36.5 Å². The monoisotopic (exact) mass is 253 g/mol. The maximum absolute atomic E-state index is 12.1. The Kier molecular flexibility index (Phi) is 3.54. The minimum atomic E-state index is -3.33. The van der Waals surface area contributed by atoms with Gasteiger partial charge in [0.25, 0.3) is 0 Å². The molecule has 0 saturated heterocycles. The third-order valence-electron chi connectivity index (χ3n) is 3.26. The second kappa shape index (κ2) is 4.78. The SMILES string of the molecule is CC(C)c1cccc(S(=O)(=O)NC2CCC2)c1. The van der Waals surface area contributed by atoms with Crippen LogP contribution < -0.4 is 4.72 Å². The zero-order valence-corrected chi connectivity index (χ0v) is 11.1.